The van der Waals surface area contributed by atoms with E-state index in [2.05, 4.69) is 15.9 Å². The summed E-state index contributed by atoms with van der Waals surface area (Å²) in [4.78, 5) is 14.1. The fourth-order valence-corrected chi connectivity index (χ4v) is 2.38. The Balaban J connectivity index is 2.00. The Bertz CT molecular complexity index is 593. The summed E-state index contributed by atoms with van der Waals surface area (Å²) in [6.07, 6.45) is 1.49. The Morgan fingerprint density at radius 1 is 1.28 bits per heavy atom. The highest BCUT2D eigenvalue weighted by molar-refractivity contribution is 9.10. The standard InChI is InChI=1S/C13H10BrNO3/c14-12-9(5-7-18-12)13(16)15-6-8-17-11-4-2-1-3-10(11)15/h1-5,7H,6,8H2. The van der Waals surface area contributed by atoms with Gasteiger partial charge in [-0.25, -0.2) is 0 Å². The first-order chi connectivity index (χ1) is 8.77. The molecule has 0 saturated heterocycles. The highest BCUT2D eigenvalue weighted by Gasteiger charge is 2.26. The molecule has 0 unspecified atom stereocenters. The van der Waals surface area contributed by atoms with Crippen LogP contribution in [0.2, 0.25) is 0 Å². The first-order valence-corrected chi connectivity index (χ1v) is 6.33. The molecule has 1 aromatic carbocycles. The molecule has 4 nitrogen and oxygen atoms in total. The van der Waals surface area contributed by atoms with E-state index >= 15 is 0 Å². The minimum absolute atomic E-state index is 0.0913. The molecule has 0 fully saturated rings. The predicted molar refractivity (Wildman–Crippen MR) is 70.0 cm³/mol. The second-order valence-electron chi connectivity index (χ2n) is 3.88. The van der Waals surface area contributed by atoms with Gasteiger partial charge in [0, 0.05) is 0 Å². The van der Waals surface area contributed by atoms with E-state index in [0.29, 0.717) is 23.4 Å². The number of halogens is 1. The van der Waals surface area contributed by atoms with Gasteiger partial charge in [0.05, 0.1) is 24.1 Å². The molecule has 1 aliphatic rings. The van der Waals surface area contributed by atoms with E-state index in [0.717, 1.165) is 11.4 Å². The number of ether oxygens (including phenoxy) is 1. The van der Waals surface area contributed by atoms with Gasteiger partial charge >= 0.3 is 0 Å². The number of carbonyl (C=O) groups is 1. The number of fused-ring (bicyclic) bond motifs is 1. The Hall–Kier alpha value is -1.75. The molecule has 0 N–H and O–H groups in total. The summed E-state index contributed by atoms with van der Waals surface area (Å²) in [7, 11) is 0. The molecule has 2 aromatic rings. The van der Waals surface area contributed by atoms with Crippen LogP contribution in [0.3, 0.4) is 0 Å². The smallest absolute Gasteiger partial charge is 0.262 e. The molecule has 92 valence electrons. The summed E-state index contributed by atoms with van der Waals surface area (Å²) in [5.41, 5.74) is 1.31. The van der Waals surface area contributed by atoms with Gasteiger partial charge in [0.2, 0.25) is 0 Å². The maximum Gasteiger partial charge on any atom is 0.262 e. The normalized spacial score (nSPS) is 13.9. The minimum Gasteiger partial charge on any atom is -0.490 e. The molecule has 0 atom stereocenters. The van der Waals surface area contributed by atoms with Crippen LogP contribution in [0.1, 0.15) is 10.4 Å². The molecule has 1 amide bonds. The first kappa shape index (κ1) is 11.3. The number of para-hydroxylation sites is 2. The van der Waals surface area contributed by atoms with E-state index in [1.165, 1.54) is 6.26 Å². The van der Waals surface area contributed by atoms with E-state index in [4.69, 9.17) is 9.15 Å². The van der Waals surface area contributed by atoms with Crippen molar-refractivity contribution in [2.45, 2.75) is 0 Å². The van der Waals surface area contributed by atoms with Gasteiger partial charge in [-0.2, -0.15) is 0 Å². The van der Waals surface area contributed by atoms with Gasteiger partial charge in [-0.05, 0) is 34.1 Å². The molecule has 0 saturated carbocycles. The average molecular weight is 308 g/mol. The fraction of sp³-hybridized carbons (Fsp3) is 0.154. The first-order valence-electron chi connectivity index (χ1n) is 5.54. The second-order valence-corrected chi connectivity index (χ2v) is 4.60. The van der Waals surface area contributed by atoms with E-state index in [9.17, 15) is 4.79 Å². The molecule has 18 heavy (non-hydrogen) atoms. The summed E-state index contributed by atoms with van der Waals surface area (Å²) < 4.78 is 11.1. The van der Waals surface area contributed by atoms with Crippen LogP contribution in [-0.2, 0) is 0 Å². The van der Waals surface area contributed by atoms with E-state index in [1.807, 2.05) is 24.3 Å². The molecule has 3 rings (SSSR count). The second kappa shape index (κ2) is 4.49. The van der Waals surface area contributed by atoms with Crippen molar-refractivity contribution in [3.8, 4) is 5.75 Å². The van der Waals surface area contributed by atoms with E-state index < -0.39 is 0 Å². The summed E-state index contributed by atoms with van der Waals surface area (Å²) in [5, 5.41) is 0. The lowest BCUT2D eigenvalue weighted by Gasteiger charge is -2.29. The Labute approximate surface area is 112 Å². The fourth-order valence-electron chi connectivity index (χ4n) is 1.97. The van der Waals surface area contributed by atoms with E-state index in [-0.39, 0.29) is 5.91 Å². The van der Waals surface area contributed by atoms with Gasteiger partial charge in [-0.3, -0.25) is 4.79 Å². The van der Waals surface area contributed by atoms with Crippen molar-refractivity contribution in [3.63, 3.8) is 0 Å². The molecule has 2 heterocycles. The van der Waals surface area contributed by atoms with E-state index in [1.54, 1.807) is 11.0 Å². The topological polar surface area (TPSA) is 42.7 Å². The quantitative estimate of drug-likeness (QED) is 0.813. The van der Waals surface area contributed by atoms with Crippen LogP contribution < -0.4 is 9.64 Å². The SMILES string of the molecule is O=C(c1ccoc1Br)N1CCOc2ccccc21. The number of amides is 1. The van der Waals surface area contributed by atoms with Gasteiger partial charge in [0.1, 0.15) is 12.4 Å². The zero-order valence-electron chi connectivity index (χ0n) is 9.43. The highest BCUT2D eigenvalue weighted by Crippen LogP contribution is 2.33. The van der Waals surface area contributed by atoms with Crippen LogP contribution in [0.25, 0.3) is 0 Å². The Morgan fingerprint density at radius 3 is 2.89 bits per heavy atom. The molecule has 0 radical (unpaired) electrons. The molecule has 0 aliphatic carbocycles. The van der Waals surface area contributed by atoms with Crippen molar-refractivity contribution in [1.29, 1.82) is 0 Å². The molecule has 0 spiro atoms. The number of carbonyl (C=O) groups excluding carboxylic acids is 1. The van der Waals surface area contributed by atoms with Crippen LogP contribution in [0.5, 0.6) is 5.75 Å². The number of hydrogen-bond acceptors (Lipinski definition) is 3. The number of furan rings is 1. The van der Waals surface area contributed by atoms with Crippen molar-refractivity contribution in [2.75, 3.05) is 18.1 Å². The van der Waals surface area contributed by atoms with Gasteiger partial charge in [-0.15, -0.1) is 0 Å². The van der Waals surface area contributed by atoms with Gasteiger partial charge < -0.3 is 14.1 Å². The Kier molecular flexibility index (Phi) is 2.83. The van der Waals surface area contributed by atoms with Crippen molar-refractivity contribution in [3.05, 3.63) is 46.8 Å². The van der Waals surface area contributed by atoms with Gasteiger partial charge in [0.15, 0.2) is 4.67 Å². The lowest BCUT2D eigenvalue weighted by atomic mass is 10.2. The molecule has 1 aromatic heterocycles. The molecule has 0 bridgehead atoms. The summed E-state index contributed by atoms with van der Waals surface area (Å²) in [6, 6.07) is 9.17. The van der Waals surface area contributed by atoms with Crippen LogP contribution >= 0.6 is 15.9 Å². The third kappa shape index (κ3) is 1.80. The summed E-state index contributed by atoms with van der Waals surface area (Å²) in [5.74, 6) is 0.642. The van der Waals surface area contributed by atoms with Crippen LogP contribution in [0.4, 0.5) is 5.69 Å². The van der Waals surface area contributed by atoms with Gasteiger partial charge in [-0.1, -0.05) is 12.1 Å². The zero-order valence-corrected chi connectivity index (χ0v) is 11.0. The Morgan fingerprint density at radius 2 is 2.11 bits per heavy atom. The third-order valence-electron chi connectivity index (χ3n) is 2.82. The number of nitrogens with zero attached hydrogens (tertiary/aromatic N) is 1. The van der Waals surface area contributed by atoms with Crippen molar-refractivity contribution < 1.29 is 13.9 Å². The monoisotopic (exact) mass is 307 g/mol. The van der Waals surface area contributed by atoms with Crippen LogP contribution in [0, 0.1) is 0 Å². The number of anilines is 1. The lowest BCUT2D eigenvalue weighted by molar-refractivity contribution is 0.0975. The molecule has 5 heteroatoms. The number of hydrogen-bond donors (Lipinski definition) is 0. The molecular formula is C13H10BrNO3. The zero-order chi connectivity index (χ0) is 12.5. The van der Waals surface area contributed by atoms with Gasteiger partial charge in [0.25, 0.3) is 5.91 Å². The van der Waals surface area contributed by atoms with Crippen molar-refractivity contribution in [2.24, 2.45) is 0 Å². The maximum absolute atomic E-state index is 12.4. The van der Waals surface area contributed by atoms with Crippen LogP contribution in [-0.4, -0.2) is 19.1 Å². The van der Waals surface area contributed by atoms with Crippen LogP contribution in [0.15, 0.2) is 45.7 Å². The third-order valence-corrected chi connectivity index (χ3v) is 3.44. The molecular weight excluding hydrogens is 298 g/mol. The number of benzene rings is 1. The highest BCUT2D eigenvalue weighted by atomic mass is 79.9. The van der Waals surface area contributed by atoms with Crippen molar-refractivity contribution >= 4 is 27.5 Å². The summed E-state index contributed by atoms with van der Waals surface area (Å²) >= 11 is 3.23. The predicted octanol–water partition coefficient (Wildman–Crippen LogP) is 3.08. The summed E-state index contributed by atoms with van der Waals surface area (Å²) in [6.45, 7) is 1.03. The maximum atomic E-state index is 12.4. The average Bonchev–Trinajstić information content (AvgIpc) is 2.83. The minimum atomic E-state index is -0.0913. The number of rotatable bonds is 1. The molecule has 1 aliphatic heterocycles. The van der Waals surface area contributed by atoms with Crippen molar-refractivity contribution in [1.82, 2.24) is 0 Å². The lowest BCUT2D eigenvalue weighted by Crippen LogP contribution is -2.37. The largest absolute Gasteiger partial charge is 0.490 e.